The fourth-order valence-electron chi connectivity index (χ4n) is 6.12. The Bertz CT molecular complexity index is 2160. The maximum Gasteiger partial charge on any atom is 0.207 e. The van der Waals surface area contributed by atoms with E-state index in [1.165, 1.54) is 0 Å². The lowest BCUT2D eigenvalue weighted by Gasteiger charge is -2.17. The third-order valence-electron chi connectivity index (χ3n) is 8.49. The van der Waals surface area contributed by atoms with Gasteiger partial charge in [0.2, 0.25) is 13.1 Å². The Morgan fingerprint density at radius 2 is 0.865 bits per heavy atom. The maximum absolute atomic E-state index is 10.6. The van der Waals surface area contributed by atoms with Crippen molar-refractivity contribution in [2.75, 3.05) is 26.3 Å². The number of fused-ring (bicyclic) bond motifs is 2. The zero-order valence-electron chi connectivity index (χ0n) is 27.9. The van der Waals surface area contributed by atoms with Crippen LogP contribution in [-0.4, -0.2) is 56.1 Å². The van der Waals surface area contributed by atoms with Crippen molar-refractivity contribution in [2.24, 2.45) is 0 Å². The molecule has 0 atom stereocenters. The molecular formula is C40H32N6O6. The molecule has 2 heterocycles. The van der Waals surface area contributed by atoms with Crippen molar-refractivity contribution in [1.82, 2.24) is 19.9 Å². The van der Waals surface area contributed by atoms with Crippen LogP contribution in [0.4, 0.5) is 0 Å². The van der Waals surface area contributed by atoms with E-state index in [9.17, 15) is 20.2 Å². The van der Waals surface area contributed by atoms with Crippen LogP contribution in [0.5, 0.6) is 11.5 Å². The van der Waals surface area contributed by atoms with Gasteiger partial charge >= 0.3 is 0 Å². The lowest BCUT2D eigenvalue weighted by molar-refractivity contribution is -0.480. The SMILES string of the molecule is O=[N+]([O-])CCCOc1ccc(-c2nccc(-c3c4ccccc4c(-c4ccnc(-c5ccc(OCCC[N+](=O)[O-])cc5)n4)c4ccccc34)n2)cc1. The van der Waals surface area contributed by atoms with Gasteiger partial charge in [-0.1, -0.05) is 48.5 Å². The maximum atomic E-state index is 10.6. The second-order valence-electron chi connectivity index (χ2n) is 11.9. The Labute approximate surface area is 298 Å². The van der Waals surface area contributed by atoms with Crippen molar-refractivity contribution >= 4 is 21.5 Å². The summed E-state index contributed by atoms with van der Waals surface area (Å²) in [7, 11) is 0. The van der Waals surface area contributed by atoms with Crippen LogP contribution in [0, 0.1) is 20.2 Å². The summed E-state index contributed by atoms with van der Waals surface area (Å²) in [5, 5.41) is 25.2. The van der Waals surface area contributed by atoms with Crippen LogP contribution in [0.3, 0.4) is 0 Å². The average Bonchev–Trinajstić information content (AvgIpc) is 3.17. The number of hydrogen-bond acceptors (Lipinski definition) is 10. The Hall–Kier alpha value is -6.82. The zero-order valence-corrected chi connectivity index (χ0v) is 27.9. The third kappa shape index (κ3) is 7.50. The molecule has 7 rings (SSSR count). The predicted octanol–water partition coefficient (Wildman–Crippen LogP) is 8.33. The molecule has 0 radical (unpaired) electrons. The van der Waals surface area contributed by atoms with E-state index in [0.29, 0.717) is 36.0 Å². The molecule has 0 N–H and O–H groups in total. The van der Waals surface area contributed by atoms with Gasteiger partial charge in [-0.15, -0.1) is 0 Å². The summed E-state index contributed by atoms with van der Waals surface area (Å²) < 4.78 is 11.3. The second-order valence-corrected chi connectivity index (χ2v) is 11.9. The molecule has 7 aromatic rings. The molecule has 0 spiro atoms. The highest BCUT2D eigenvalue weighted by molar-refractivity contribution is 6.20. The van der Waals surface area contributed by atoms with Gasteiger partial charge in [0.05, 0.1) is 24.6 Å². The Kier molecular flexibility index (Phi) is 9.96. The molecule has 5 aromatic carbocycles. The second kappa shape index (κ2) is 15.4. The van der Waals surface area contributed by atoms with Crippen molar-refractivity contribution < 1.29 is 19.3 Å². The minimum Gasteiger partial charge on any atom is -0.493 e. The molecule has 0 aliphatic rings. The van der Waals surface area contributed by atoms with Gasteiger partial charge in [0.25, 0.3) is 0 Å². The smallest absolute Gasteiger partial charge is 0.207 e. The number of nitro groups is 2. The number of benzene rings is 5. The number of aromatic nitrogens is 4. The van der Waals surface area contributed by atoms with Crippen LogP contribution in [0.2, 0.25) is 0 Å². The highest BCUT2D eigenvalue weighted by Crippen LogP contribution is 2.43. The van der Waals surface area contributed by atoms with Crippen LogP contribution in [-0.2, 0) is 0 Å². The van der Waals surface area contributed by atoms with Gasteiger partial charge in [-0.25, -0.2) is 19.9 Å². The molecule has 2 aromatic heterocycles. The van der Waals surface area contributed by atoms with Crippen molar-refractivity contribution in [1.29, 1.82) is 0 Å². The number of ether oxygens (including phenoxy) is 2. The molecule has 0 bridgehead atoms. The van der Waals surface area contributed by atoms with Crippen molar-refractivity contribution in [3.63, 3.8) is 0 Å². The minimum atomic E-state index is -0.350. The Morgan fingerprint density at radius 1 is 0.500 bits per heavy atom. The first kappa shape index (κ1) is 33.7. The van der Waals surface area contributed by atoms with Crippen LogP contribution in [0.1, 0.15) is 12.8 Å². The molecule has 12 heteroatoms. The summed E-state index contributed by atoms with van der Waals surface area (Å²) in [6.07, 6.45) is 4.19. The van der Waals surface area contributed by atoms with E-state index in [1.54, 1.807) is 12.4 Å². The van der Waals surface area contributed by atoms with Crippen molar-refractivity contribution in [2.45, 2.75) is 12.8 Å². The van der Waals surface area contributed by atoms with Crippen molar-refractivity contribution in [3.8, 4) is 56.8 Å². The van der Waals surface area contributed by atoms with Crippen LogP contribution in [0.15, 0.2) is 122 Å². The summed E-state index contributed by atoms with van der Waals surface area (Å²) in [5.41, 5.74) is 5.13. The lowest BCUT2D eigenvalue weighted by Crippen LogP contribution is -2.06. The molecule has 0 fully saturated rings. The highest BCUT2D eigenvalue weighted by atomic mass is 16.6. The highest BCUT2D eigenvalue weighted by Gasteiger charge is 2.19. The summed E-state index contributed by atoms with van der Waals surface area (Å²) in [4.78, 5) is 39.7. The monoisotopic (exact) mass is 692 g/mol. The van der Waals surface area contributed by atoms with E-state index in [4.69, 9.17) is 19.4 Å². The largest absolute Gasteiger partial charge is 0.493 e. The third-order valence-corrected chi connectivity index (χ3v) is 8.49. The fourth-order valence-corrected chi connectivity index (χ4v) is 6.12. The minimum absolute atomic E-state index is 0.132. The van der Waals surface area contributed by atoms with Gasteiger partial charge in [-0.05, 0) is 82.2 Å². The van der Waals surface area contributed by atoms with Gasteiger partial charge in [0, 0.05) is 57.3 Å². The standard InChI is InChI=1S/C40H32N6O6/c47-45(48)23-5-25-51-29-15-11-27(12-16-29)39-41-21-19-35(43-39)37-31-7-1-2-8-32(31)38(34-10-4-3-9-33(34)37)36-20-22-42-40(44-36)28-13-17-30(18-14-28)52-26-6-24-46(49)50/h1-4,7-22H,5-6,23-26H2. The van der Waals surface area contributed by atoms with Gasteiger partial charge in [-0.2, -0.15) is 0 Å². The topological polar surface area (TPSA) is 156 Å². The van der Waals surface area contributed by atoms with E-state index < -0.39 is 0 Å². The quantitative estimate of drug-likeness (QED) is 0.0470. The molecular weight excluding hydrogens is 660 g/mol. The first-order chi connectivity index (χ1) is 25.4. The van der Waals surface area contributed by atoms with Gasteiger partial charge < -0.3 is 9.47 Å². The molecule has 0 saturated heterocycles. The summed E-state index contributed by atoms with van der Waals surface area (Å²) in [5.74, 6) is 2.36. The van der Waals surface area contributed by atoms with Crippen LogP contribution >= 0.6 is 0 Å². The number of hydrogen-bond donors (Lipinski definition) is 0. The molecule has 0 unspecified atom stereocenters. The van der Waals surface area contributed by atoms with Gasteiger partial charge in [-0.3, -0.25) is 20.2 Å². The Balaban J connectivity index is 1.23. The molecule has 12 nitrogen and oxygen atoms in total. The van der Waals surface area contributed by atoms with Gasteiger partial charge in [0.15, 0.2) is 11.6 Å². The van der Waals surface area contributed by atoms with E-state index >= 15 is 0 Å². The predicted molar refractivity (Wildman–Crippen MR) is 198 cm³/mol. The molecule has 0 aliphatic carbocycles. The number of nitrogens with zero attached hydrogens (tertiary/aromatic N) is 6. The number of rotatable bonds is 14. The van der Waals surface area contributed by atoms with Crippen molar-refractivity contribution in [3.05, 3.63) is 142 Å². The molecule has 0 aliphatic heterocycles. The van der Waals surface area contributed by atoms with E-state index in [0.717, 1.165) is 55.2 Å². The fraction of sp³-hybridized carbons (Fsp3) is 0.150. The summed E-state index contributed by atoms with van der Waals surface area (Å²) in [6, 6.07) is 35.1. The molecule has 0 saturated carbocycles. The lowest BCUT2D eigenvalue weighted by atomic mass is 9.89. The molecule has 258 valence electrons. The first-order valence-electron chi connectivity index (χ1n) is 16.7. The van der Waals surface area contributed by atoms with Crippen LogP contribution in [0.25, 0.3) is 66.8 Å². The zero-order chi connectivity index (χ0) is 35.9. The summed E-state index contributed by atoms with van der Waals surface area (Å²) in [6.45, 7) is 0.260. The summed E-state index contributed by atoms with van der Waals surface area (Å²) >= 11 is 0. The molecule has 52 heavy (non-hydrogen) atoms. The normalized spacial score (nSPS) is 11.1. The van der Waals surface area contributed by atoms with Gasteiger partial charge in [0.1, 0.15) is 11.5 Å². The van der Waals surface area contributed by atoms with Crippen LogP contribution < -0.4 is 9.47 Å². The van der Waals surface area contributed by atoms with E-state index in [1.807, 2.05) is 84.9 Å². The van der Waals surface area contributed by atoms with E-state index in [-0.39, 0.29) is 36.1 Å². The average molecular weight is 693 g/mol. The first-order valence-corrected chi connectivity index (χ1v) is 16.7. The Morgan fingerprint density at radius 3 is 1.21 bits per heavy atom. The molecule has 0 amide bonds. The van der Waals surface area contributed by atoms with E-state index in [2.05, 4.69) is 34.2 Å².